The van der Waals surface area contributed by atoms with Crippen molar-refractivity contribution in [3.63, 3.8) is 0 Å². The van der Waals surface area contributed by atoms with E-state index in [1.807, 2.05) is 13.0 Å². The summed E-state index contributed by atoms with van der Waals surface area (Å²) >= 11 is 0. The Kier molecular flexibility index (Phi) is 6.32. The van der Waals surface area contributed by atoms with E-state index in [4.69, 9.17) is 4.74 Å². The van der Waals surface area contributed by atoms with E-state index in [0.29, 0.717) is 29.7 Å². The molecule has 0 unspecified atom stereocenters. The highest BCUT2D eigenvalue weighted by molar-refractivity contribution is 6.06. The lowest BCUT2D eigenvalue weighted by atomic mass is 9.81. The van der Waals surface area contributed by atoms with Crippen molar-refractivity contribution < 1.29 is 19.1 Å². The van der Waals surface area contributed by atoms with Crippen molar-refractivity contribution in [3.05, 3.63) is 65.2 Å². The molecule has 1 aliphatic rings. The van der Waals surface area contributed by atoms with Crippen molar-refractivity contribution >= 4 is 23.5 Å². The Bertz CT molecular complexity index is 902. The van der Waals surface area contributed by atoms with Crippen LogP contribution in [0.4, 0.5) is 5.69 Å². The van der Waals surface area contributed by atoms with E-state index in [-0.39, 0.29) is 11.8 Å². The van der Waals surface area contributed by atoms with Gasteiger partial charge in [0.1, 0.15) is 5.54 Å². The Labute approximate surface area is 170 Å². The molecule has 2 aromatic carbocycles. The zero-order chi connectivity index (χ0) is 20.9. The second kappa shape index (κ2) is 8.90. The van der Waals surface area contributed by atoms with E-state index in [2.05, 4.69) is 10.6 Å². The Morgan fingerprint density at radius 2 is 1.59 bits per heavy atom. The Morgan fingerprint density at radius 3 is 2.24 bits per heavy atom. The van der Waals surface area contributed by atoms with Gasteiger partial charge in [-0.05, 0) is 49.6 Å². The molecule has 152 valence electrons. The van der Waals surface area contributed by atoms with Crippen LogP contribution in [0.1, 0.15) is 58.4 Å². The summed E-state index contributed by atoms with van der Waals surface area (Å²) in [4.78, 5) is 37.8. The summed E-state index contributed by atoms with van der Waals surface area (Å²) in [5.74, 6) is -1.01. The van der Waals surface area contributed by atoms with Gasteiger partial charge in [0.15, 0.2) is 0 Å². The van der Waals surface area contributed by atoms with Gasteiger partial charge in [-0.1, -0.05) is 43.5 Å². The van der Waals surface area contributed by atoms with Crippen LogP contribution in [-0.2, 0) is 9.53 Å². The number of rotatable bonds is 5. The van der Waals surface area contributed by atoms with Gasteiger partial charge >= 0.3 is 5.97 Å². The molecule has 0 heterocycles. The molecule has 2 amide bonds. The van der Waals surface area contributed by atoms with E-state index >= 15 is 0 Å². The van der Waals surface area contributed by atoms with Gasteiger partial charge in [0, 0.05) is 16.8 Å². The first-order chi connectivity index (χ1) is 13.9. The third-order valence-corrected chi connectivity index (χ3v) is 5.42. The Hall–Kier alpha value is -3.15. The fourth-order valence-corrected chi connectivity index (χ4v) is 3.70. The first-order valence-corrected chi connectivity index (χ1v) is 9.83. The maximum Gasteiger partial charge on any atom is 0.331 e. The summed E-state index contributed by atoms with van der Waals surface area (Å²) in [6, 6.07) is 14.0. The van der Waals surface area contributed by atoms with Crippen LogP contribution in [0, 0.1) is 6.92 Å². The molecule has 0 bridgehead atoms. The highest BCUT2D eigenvalue weighted by Crippen LogP contribution is 2.30. The first kappa shape index (κ1) is 20.6. The summed E-state index contributed by atoms with van der Waals surface area (Å²) in [7, 11) is 1.34. The number of esters is 1. The molecule has 0 aromatic heterocycles. The van der Waals surface area contributed by atoms with Crippen LogP contribution in [0.5, 0.6) is 0 Å². The molecule has 0 aliphatic heterocycles. The molecule has 6 nitrogen and oxygen atoms in total. The number of carbonyl (C=O) groups is 3. The van der Waals surface area contributed by atoms with Crippen LogP contribution >= 0.6 is 0 Å². The molecule has 29 heavy (non-hydrogen) atoms. The summed E-state index contributed by atoms with van der Waals surface area (Å²) in [5, 5.41) is 5.76. The zero-order valence-corrected chi connectivity index (χ0v) is 16.8. The minimum absolute atomic E-state index is 0.246. The summed E-state index contributed by atoms with van der Waals surface area (Å²) in [6.07, 6.45) is 3.89. The molecule has 2 aromatic rings. The van der Waals surface area contributed by atoms with Crippen molar-refractivity contribution in [2.24, 2.45) is 0 Å². The van der Waals surface area contributed by atoms with Gasteiger partial charge in [-0.15, -0.1) is 0 Å². The summed E-state index contributed by atoms with van der Waals surface area (Å²) < 4.78 is 4.96. The number of carbonyl (C=O) groups excluding carboxylic acids is 3. The third-order valence-electron chi connectivity index (χ3n) is 5.42. The molecule has 1 saturated carbocycles. The van der Waals surface area contributed by atoms with Gasteiger partial charge < -0.3 is 15.4 Å². The number of benzene rings is 2. The number of hydrogen-bond donors (Lipinski definition) is 2. The highest BCUT2D eigenvalue weighted by atomic mass is 16.5. The smallest absolute Gasteiger partial charge is 0.331 e. The first-order valence-electron chi connectivity index (χ1n) is 9.83. The average Bonchev–Trinajstić information content (AvgIpc) is 2.75. The molecule has 6 heteroatoms. The van der Waals surface area contributed by atoms with Crippen LogP contribution in [0.15, 0.2) is 48.5 Å². The van der Waals surface area contributed by atoms with Gasteiger partial charge in [0.05, 0.1) is 7.11 Å². The minimum Gasteiger partial charge on any atom is -0.467 e. The molecule has 0 spiro atoms. The molecule has 3 rings (SSSR count). The molecular formula is C23H26N2O4. The fraction of sp³-hybridized carbons (Fsp3) is 0.348. The minimum atomic E-state index is -0.984. The molecule has 1 aliphatic carbocycles. The number of amides is 2. The predicted octanol–water partition coefficient (Wildman–Crippen LogP) is 3.85. The second-order valence-corrected chi connectivity index (χ2v) is 7.44. The topological polar surface area (TPSA) is 84.5 Å². The normalized spacial score (nSPS) is 15.2. The van der Waals surface area contributed by atoms with E-state index in [1.54, 1.807) is 42.5 Å². The Morgan fingerprint density at radius 1 is 0.897 bits per heavy atom. The van der Waals surface area contributed by atoms with Crippen molar-refractivity contribution in [2.45, 2.75) is 44.6 Å². The number of anilines is 1. The lowest BCUT2D eigenvalue weighted by Gasteiger charge is -2.35. The van der Waals surface area contributed by atoms with E-state index in [0.717, 1.165) is 24.8 Å². The lowest BCUT2D eigenvalue weighted by Crippen LogP contribution is -2.56. The number of hydrogen-bond acceptors (Lipinski definition) is 4. The summed E-state index contributed by atoms with van der Waals surface area (Å²) in [6.45, 7) is 1.86. The SMILES string of the molecule is COC(=O)C1(NC(=O)c2ccc(C)c(NC(=O)c3ccccc3)c2)CCCCC1. The monoisotopic (exact) mass is 394 g/mol. The number of methoxy groups -OCH3 is 1. The second-order valence-electron chi connectivity index (χ2n) is 7.44. The molecule has 0 radical (unpaired) electrons. The van der Waals surface area contributed by atoms with Gasteiger partial charge in [0.2, 0.25) is 0 Å². The lowest BCUT2D eigenvalue weighted by molar-refractivity contribution is -0.149. The molecule has 2 N–H and O–H groups in total. The van der Waals surface area contributed by atoms with Crippen molar-refractivity contribution in [1.29, 1.82) is 0 Å². The maximum absolute atomic E-state index is 12.9. The largest absolute Gasteiger partial charge is 0.467 e. The zero-order valence-electron chi connectivity index (χ0n) is 16.8. The third kappa shape index (κ3) is 4.65. The number of aryl methyl sites for hydroxylation is 1. The predicted molar refractivity (Wildman–Crippen MR) is 111 cm³/mol. The standard InChI is InChI=1S/C23H26N2O4/c1-16-11-12-18(15-19(16)24-20(26)17-9-5-3-6-10-17)21(27)25-23(22(28)29-2)13-7-4-8-14-23/h3,5-6,9-12,15H,4,7-8,13-14H2,1-2H3,(H,24,26)(H,25,27). The number of nitrogens with one attached hydrogen (secondary N) is 2. The molecular weight excluding hydrogens is 368 g/mol. The quantitative estimate of drug-likeness (QED) is 0.755. The van der Waals surface area contributed by atoms with Crippen molar-refractivity contribution in [2.75, 3.05) is 12.4 Å². The molecule has 0 saturated heterocycles. The van der Waals surface area contributed by atoms with E-state index in [9.17, 15) is 14.4 Å². The van der Waals surface area contributed by atoms with Crippen molar-refractivity contribution in [3.8, 4) is 0 Å². The van der Waals surface area contributed by atoms with E-state index in [1.165, 1.54) is 7.11 Å². The van der Waals surface area contributed by atoms with Gasteiger partial charge in [0.25, 0.3) is 11.8 Å². The molecule has 1 fully saturated rings. The van der Waals surface area contributed by atoms with Gasteiger partial charge in [-0.25, -0.2) is 4.79 Å². The molecule has 0 atom stereocenters. The van der Waals surface area contributed by atoms with Gasteiger partial charge in [-0.2, -0.15) is 0 Å². The van der Waals surface area contributed by atoms with Gasteiger partial charge in [-0.3, -0.25) is 9.59 Å². The maximum atomic E-state index is 12.9. The van der Waals surface area contributed by atoms with Crippen LogP contribution in [0.2, 0.25) is 0 Å². The van der Waals surface area contributed by atoms with Crippen LogP contribution in [0.25, 0.3) is 0 Å². The van der Waals surface area contributed by atoms with Crippen LogP contribution < -0.4 is 10.6 Å². The highest BCUT2D eigenvalue weighted by Gasteiger charge is 2.42. The van der Waals surface area contributed by atoms with Crippen LogP contribution in [0.3, 0.4) is 0 Å². The van der Waals surface area contributed by atoms with Crippen molar-refractivity contribution in [1.82, 2.24) is 5.32 Å². The summed E-state index contributed by atoms with van der Waals surface area (Å²) in [5.41, 5.74) is 1.33. The Balaban J connectivity index is 1.80. The van der Waals surface area contributed by atoms with E-state index < -0.39 is 11.5 Å². The fourth-order valence-electron chi connectivity index (χ4n) is 3.70. The number of ether oxygens (including phenoxy) is 1. The average molecular weight is 394 g/mol. The van der Waals surface area contributed by atoms with Crippen LogP contribution in [-0.4, -0.2) is 30.4 Å².